The molecular formula is C20H22N2O. The van der Waals surface area contributed by atoms with Crippen molar-refractivity contribution in [3.05, 3.63) is 70.8 Å². The molecule has 2 aliphatic heterocycles. The van der Waals surface area contributed by atoms with Gasteiger partial charge in [0.15, 0.2) is 0 Å². The Morgan fingerprint density at radius 1 is 0.957 bits per heavy atom. The summed E-state index contributed by atoms with van der Waals surface area (Å²) in [5, 5.41) is 0. The maximum absolute atomic E-state index is 5.41. The number of hydrogen-bond donors (Lipinski definition) is 0. The largest absolute Gasteiger partial charge is 0.379 e. The Balaban J connectivity index is 1.53. The first-order valence-corrected chi connectivity index (χ1v) is 8.42. The number of morpholine rings is 1. The van der Waals surface area contributed by atoms with E-state index in [1.165, 1.54) is 22.3 Å². The lowest BCUT2D eigenvalue weighted by molar-refractivity contribution is 0.0342. The molecule has 1 fully saturated rings. The minimum atomic E-state index is 0.853. The number of hydrogen-bond acceptors (Lipinski definition) is 3. The number of aliphatic imine (C=N–C) groups is 1. The van der Waals surface area contributed by atoms with Crippen molar-refractivity contribution in [1.29, 1.82) is 0 Å². The number of ether oxygens (including phenoxy) is 1. The third-order valence-corrected chi connectivity index (χ3v) is 4.66. The Bertz CT molecular complexity index is 700. The van der Waals surface area contributed by atoms with Gasteiger partial charge in [0.1, 0.15) is 0 Å². The topological polar surface area (TPSA) is 24.8 Å². The van der Waals surface area contributed by atoms with Crippen LogP contribution < -0.4 is 0 Å². The predicted molar refractivity (Wildman–Crippen MR) is 93.2 cm³/mol. The molecule has 0 N–H and O–H groups in total. The fourth-order valence-corrected chi connectivity index (χ4v) is 3.37. The average Bonchev–Trinajstić information content (AvgIpc) is 2.63. The van der Waals surface area contributed by atoms with Gasteiger partial charge in [-0.1, -0.05) is 48.5 Å². The number of rotatable bonds is 3. The molecule has 118 valence electrons. The normalized spacial score (nSPS) is 18.3. The molecule has 2 aliphatic rings. The molecule has 0 saturated carbocycles. The van der Waals surface area contributed by atoms with E-state index in [4.69, 9.17) is 9.73 Å². The smallest absolute Gasteiger partial charge is 0.0721 e. The quantitative estimate of drug-likeness (QED) is 0.871. The molecule has 2 aromatic rings. The maximum atomic E-state index is 5.41. The van der Waals surface area contributed by atoms with Crippen LogP contribution in [-0.2, 0) is 17.7 Å². The molecule has 23 heavy (non-hydrogen) atoms. The van der Waals surface area contributed by atoms with Gasteiger partial charge in [0.2, 0.25) is 0 Å². The van der Waals surface area contributed by atoms with Gasteiger partial charge in [-0.3, -0.25) is 9.89 Å². The third-order valence-electron chi connectivity index (χ3n) is 4.66. The van der Waals surface area contributed by atoms with Gasteiger partial charge in [0, 0.05) is 37.3 Å². The van der Waals surface area contributed by atoms with Gasteiger partial charge in [0.25, 0.3) is 0 Å². The molecular weight excluding hydrogens is 284 g/mol. The molecule has 3 heteroatoms. The lowest BCUT2D eigenvalue weighted by atomic mass is 9.93. The Morgan fingerprint density at radius 3 is 2.57 bits per heavy atom. The Morgan fingerprint density at radius 2 is 1.74 bits per heavy atom. The molecule has 3 nitrogen and oxygen atoms in total. The first-order valence-electron chi connectivity index (χ1n) is 8.42. The second-order valence-corrected chi connectivity index (χ2v) is 6.22. The standard InChI is InChI=1S/C20H22N2O/c1-2-4-19-17(3-1)9-10-21-20(19)18-7-5-16(6-8-18)15-22-11-13-23-14-12-22/h1-8H,9-15H2. The minimum absolute atomic E-state index is 0.853. The fraction of sp³-hybridized carbons (Fsp3) is 0.350. The van der Waals surface area contributed by atoms with Crippen LogP contribution in [0.3, 0.4) is 0 Å². The second kappa shape index (κ2) is 6.65. The van der Waals surface area contributed by atoms with Crippen molar-refractivity contribution in [1.82, 2.24) is 4.90 Å². The van der Waals surface area contributed by atoms with Crippen LogP contribution in [0.25, 0.3) is 0 Å². The van der Waals surface area contributed by atoms with E-state index in [1.54, 1.807) is 0 Å². The van der Waals surface area contributed by atoms with Gasteiger partial charge in [0.05, 0.1) is 18.9 Å². The number of fused-ring (bicyclic) bond motifs is 1. The summed E-state index contributed by atoms with van der Waals surface area (Å²) in [6.07, 6.45) is 1.05. The van der Waals surface area contributed by atoms with Crippen molar-refractivity contribution in [3.8, 4) is 0 Å². The Labute approximate surface area is 137 Å². The van der Waals surface area contributed by atoms with E-state index in [-0.39, 0.29) is 0 Å². The van der Waals surface area contributed by atoms with Crippen LogP contribution in [0.4, 0.5) is 0 Å². The van der Waals surface area contributed by atoms with Crippen LogP contribution in [0.1, 0.15) is 22.3 Å². The predicted octanol–water partition coefficient (Wildman–Crippen LogP) is 2.91. The average molecular weight is 306 g/mol. The lowest BCUT2D eigenvalue weighted by Gasteiger charge is -2.26. The fourth-order valence-electron chi connectivity index (χ4n) is 3.37. The van der Waals surface area contributed by atoms with Gasteiger partial charge in [-0.15, -0.1) is 0 Å². The van der Waals surface area contributed by atoms with E-state index < -0.39 is 0 Å². The first kappa shape index (κ1) is 14.6. The van der Waals surface area contributed by atoms with Crippen molar-refractivity contribution in [2.45, 2.75) is 13.0 Å². The maximum Gasteiger partial charge on any atom is 0.0721 e. The Hall–Kier alpha value is -1.97. The van der Waals surface area contributed by atoms with Crippen LogP contribution in [0.2, 0.25) is 0 Å². The van der Waals surface area contributed by atoms with Crippen molar-refractivity contribution in [2.24, 2.45) is 4.99 Å². The van der Waals surface area contributed by atoms with Gasteiger partial charge in [-0.2, -0.15) is 0 Å². The summed E-state index contributed by atoms with van der Waals surface area (Å²) in [6.45, 7) is 5.66. The van der Waals surface area contributed by atoms with Crippen LogP contribution in [0.15, 0.2) is 53.5 Å². The molecule has 0 amide bonds. The van der Waals surface area contributed by atoms with Crippen LogP contribution >= 0.6 is 0 Å². The van der Waals surface area contributed by atoms with Crippen molar-refractivity contribution in [2.75, 3.05) is 32.8 Å². The summed E-state index contributed by atoms with van der Waals surface area (Å²) >= 11 is 0. The molecule has 4 rings (SSSR count). The van der Waals surface area contributed by atoms with E-state index in [1.807, 2.05) is 0 Å². The number of nitrogens with zero attached hydrogens (tertiary/aromatic N) is 2. The third kappa shape index (κ3) is 3.21. The zero-order valence-corrected chi connectivity index (χ0v) is 13.4. The molecule has 1 saturated heterocycles. The highest BCUT2D eigenvalue weighted by molar-refractivity contribution is 6.14. The zero-order chi connectivity index (χ0) is 15.5. The van der Waals surface area contributed by atoms with Crippen LogP contribution in [0.5, 0.6) is 0 Å². The van der Waals surface area contributed by atoms with E-state index in [2.05, 4.69) is 53.4 Å². The van der Waals surface area contributed by atoms with Crippen molar-refractivity contribution < 1.29 is 4.74 Å². The number of benzene rings is 2. The highest BCUT2D eigenvalue weighted by atomic mass is 16.5. The Kier molecular flexibility index (Phi) is 4.22. The van der Waals surface area contributed by atoms with E-state index in [0.29, 0.717) is 0 Å². The molecule has 0 aliphatic carbocycles. The molecule has 0 atom stereocenters. The SMILES string of the molecule is c1ccc2c(c1)CCN=C2c1ccc(CN2CCOCC2)cc1. The molecule has 0 radical (unpaired) electrons. The van der Waals surface area contributed by atoms with Gasteiger partial charge < -0.3 is 4.74 Å². The lowest BCUT2D eigenvalue weighted by Crippen LogP contribution is -2.35. The summed E-state index contributed by atoms with van der Waals surface area (Å²) in [7, 11) is 0. The van der Waals surface area contributed by atoms with Crippen LogP contribution in [0, 0.1) is 0 Å². The van der Waals surface area contributed by atoms with Crippen molar-refractivity contribution in [3.63, 3.8) is 0 Å². The highest BCUT2D eigenvalue weighted by Gasteiger charge is 2.15. The molecule has 2 heterocycles. The summed E-state index contributed by atoms with van der Waals surface area (Å²) in [4.78, 5) is 7.23. The summed E-state index contributed by atoms with van der Waals surface area (Å²) in [5.74, 6) is 0. The first-order chi connectivity index (χ1) is 11.4. The second-order valence-electron chi connectivity index (χ2n) is 6.22. The molecule has 2 aromatic carbocycles. The summed E-state index contributed by atoms with van der Waals surface area (Å²) in [6, 6.07) is 17.5. The minimum Gasteiger partial charge on any atom is -0.379 e. The summed E-state index contributed by atoms with van der Waals surface area (Å²) < 4.78 is 5.41. The summed E-state index contributed by atoms with van der Waals surface area (Å²) in [5.41, 5.74) is 6.43. The van der Waals surface area contributed by atoms with Gasteiger partial charge >= 0.3 is 0 Å². The van der Waals surface area contributed by atoms with E-state index >= 15 is 0 Å². The highest BCUT2D eigenvalue weighted by Crippen LogP contribution is 2.21. The van der Waals surface area contributed by atoms with Crippen molar-refractivity contribution >= 4 is 5.71 Å². The van der Waals surface area contributed by atoms with Gasteiger partial charge in [-0.05, 0) is 17.5 Å². The molecule has 0 unspecified atom stereocenters. The van der Waals surface area contributed by atoms with Gasteiger partial charge in [-0.25, -0.2) is 0 Å². The van der Waals surface area contributed by atoms with E-state index in [9.17, 15) is 0 Å². The van der Waals surface area contributed by atoms with E-state index in [0.717, 1.165) is 51.5 Å². The molecule has 0 bridgehead atoms. The zero-order valence-electron chi connectivity index (χ0n) is 13.4. The van der Waals surface area contributed by atoms with Crippen LogP contribution in [-0.4, -0.2) is 43.5 Å². The monoisotopic (exact) mass is 306 g/mol. The molecule has 0 spiro atoms. The molecule has 0 aromatic heterocycles.